The number of fused-ring (bicyclic) bond motifs is 1. The van der Waals surface area contributed by atoms with E-state index in [1.54, 1.807) is 6.07 Å². The number of benzene rings is 2. The van der Waals surface area contributed by atoms with Gasteiger partial charge in [0.25, 0.3) is 5.56 Å². The number of hydrogen-bond donors (Lipinski definition) is 0. The topological polar surface area (TPSA) is 25.2 Å². The maximum Gasteiger partial charge on any atom is 0.268 e. The van der Waals surface area contributed by atoms with Gasteiger partial charge in [0.05, 0.1) is 10.1 Å². The molecule has 26 heavy (non-hydrogen) atoms. The molecule has 0 N–H and O–H groups in total. The second-order valence-corrected chi connectivity index (χ2v) is 8.63. The van der Waals surface area contributed by atoms with Crippen LogP contribution in [0.15, 0.2) is 53.3 Å². The molecule has 2 heterocycles. The smallest absolute Gasteiger partial charge is 0.268 e. The van der Waals surface area contributed by atoms with Crippen molar-refractivity contribution in [2.24, 2.45) is 5.92 Å². The molecule has 0 radical (unpaired) electrons. The van der Waals surface area contributed by atoms with Gasteiger partial charge in [0.2, 0.25) is 0 Å². The molecule has 1 aliphatic rings. The first-order valence-corrected chi connectivity index (χ1v) is 10.4. The van der Waals surface area contributed by atoms with E-state index in [-0.39, 0.29) is 5.56 Å². The van der Waals surface area contributed by atoms with E-state index >= 15 is 0 Å². The Morgan fingerprint density at radius 1 is 1.08 bits per heavy atom. The van der Waals surface area contributed by atoms with Crippen LogP contribution in [0.1, 0.15) is 24.8 Å². The summed E-state index contributed by atoms with van der Waals surface area (Å²) in [5, 5.41) is 1.48. The molecule has 3 aromatic rings. The molecule has 0 spiro atoms. The van der Waals surface area contributed by atoms with Crippen molar-refractivity contribution in [1.82, 2.24) is 8.86 Å². The van der Waals surface area contributed by atoms with Gasteiger partial charge in [-0.2, -0.15) is 0 Å². The van der Waals surface area contributed by atoms with E-state index in [2.05, 4.69) is 35.2 Å². The van der Waals surface area contributed by atoms with Crippen LogP contribution >= 0.6 is 23.1 Å². The second kappa shape index (κ2) is 7.95. The van der Waals surface area contributed by atoms with Crippen molar-refractivity contribution in [1.29, 1.82) is 0 Å². The number of likely N-dealkylation sites (tertiary alicyclic amines) is 1. The van der Waals surface area contributed by atoms with Crippen LogP contribution in [0.5, 0.6) is 0 Å². The quantitative estimate of drug-likeness (QED) is 0.615. The standard InChI is InChI=1S/C21H23ClN2OS/c22-18-6-7-19-20(14-18)26-24(21(19)25)13-10-16-8-11-23(12-9-16)15-17-4-2-1-3-5-17/h1-7,14,16H,8-13,15H2. The van der Waals surface area contributed by atoms with E-state index in [9.17, 15) is 4.79 Å². The molecule has 1 aliphatic heterocycles. The maximum atomic E-state index is 12.5. The van der Waals surface area contributed by atoms with Crippen molar-refractivity contribution >= 4 is 33.2 Å². The first-order valence-electron chi connectivity index (χ1n) is 9.25. The van der Waals surface area contributed by atoms with Gasteiger partial charge in [0.15, 0.2) is 0 Å². The molecule has 0 amide bonds. The molecule has 0 atom stereocenters. The molecule has 0 unspecified atom stereocenters. The SMILES string of the molecule is O=c1c2ccc(Cl)cc2sn1CCC1CCN(Cc2ccccc2)CC1. The van der Waals surface area contributed by atoms with E-state index in [1.165, 1.54) is 29.9 Å². The predicted molar refractivity (Wildman–Crippen MR) is 110 cm³/mol. The number of rotatable bonds is 5. The van der Waals surface area contributed by atoms with Crippen molar-refractivity contribution in [3.8, 4) is 0 Å². The molecule has 0 bridgehead atoms. The Morgan fingerprint density at radius 3 is 2.62 bits per heavy atom. The summed E-state index contributed by atoms with van der Waals surface area (Å²) in [5.41, 5.74) is 1.52. The summed E-state index contributed by atoms with van der Waals surface area (Å²) in [4.78, 5) is 15.0. The molecule has 1 aromatic heterocycles. The number of aromatic nitrogens is 1. The number of aryl methyl sites for hydroxylation is 1. The molecule has 0 saturated carbocycles. The van der Waals surface area contributed by atoms with Crippen molar-refractivity contribution in [2.45, 2.75) is 32.4 Å². The fraction of sp³-hybridized carbons (Fsp3) is 0.381. The summed E-state index contributed by atoms with van der Waals surface area (Å²) in [6, 6.07) is 16.2. The lowest BCUT2D eigenvalue weighted by atomic mass is 9.93. The zero-order valence-electron chi connectivity index (χ0n) is 14.7. The Morgan fingerprint density at radius 2 is 1.85 bits per heavy atom. The Bertz CT molecular complexity index is 926. The van der Waals surface area contributed by atoms with Gasteiger partial charge >= 0.3 is 0 Å². The van der Waals surface area contributed by atoms with Crippen molar-refractivity contribution in [2.75, 3.05) is 13.1 Å². The van der Waals surface area contributed by atoms with E-state index in [0.717, 1.165) is 42.7 Å². The van der Waals surface area contributed by atoms with Gasteiger partial charge in [0, 0.05) is 18.1 Å². The summed E-state index contributed by atoms with van der Waals surface area (Å²) in [7, 11) is 0. The maximum absolute atomic E-state index is 12.5. The van der Waals surface area contributed by atoms with Crippen LogP contribution < -0.4 is 5.56 Å². The summed E-state index contributed by atoms with van der Waals surface area (Å²) in [6.45, 7) is 4.16. The molecule has 136 valence electrons. The molecule has 5 heteroatoms. The van der Waals surface area contributed by atoms with Crippen LogP contribution in [-0.4, -0.2) is 21.9 Å². The van der Waals surface area contributed by atoms with Crippen molar-refractivity contribution in [3.63, 3.8) is 0 Å². The van der Waals surface area contributed by atoms with Gasteiger partial charge in [0.1, 0.15) is 0 Å². The van der Waals surface area contributed by atoms with Gasteiger partial charge < -0.3 is 0 Å². The average Bonchev–Trinajstić information content (AvgIpc) is 2.97. The molecular formula is C21H23ClN2OS. The largest absolute Gasteiger partial charge is 0.299 e. The lowest BCUT2D eigenvalue weighted by Gasteiger charge is -2.32. The predicted octanol–water partition coefficient (Wildman–Crippen LogP) is 5.02. The fourth-order valence-electron chi connectivity index (χ4n) is 3.76. The summed E-state index contributed by atoms with van der Waals surface area (Å²) < 4.78 is 2.89. The lowest BCUT2D eigenvalue weighted by Crippen LogP contribution is -2.33. The molecule has 2 aromatic carbocycles. The Kier molecular flexibility index (Phi) is 5.44. The Balaban J connectivity index is 1.31. The molecule has 3 nitrogen and oxygen atoms in total. The fourth-order valence-corrected chi connectivity index (χ4v) is 5.05. The van der Waals surface area contributed by atoms with Crippen molar-refractivity contribution in [3.05, 3.63) is 69.5 Å². The zero-order valence-corrected chi connectivity index (χ0v) is 16.3. The Labute approximate surface area is 163 Å². The highest BCUT2D eigenvalue weighted by Gasteiger charge is 2.19. The van der Waals surface area contributed by atoms with Crippen LogP contribution in [0, 0.1) is 5.92 Å². The first-order chi connectivity index (χ1) is 12.7. The average molecular weight is 387 g/mol. The van der Waals surface area contributed by atoms with Crippen LogP contribution in [0.3, 0.4) is 0 Å². The van der Waals surface area contributed by atoms with E-state index in [1.807, 2.05) is 16.1 Å². The normalized spacial score (nSPS) is 16.3. The van der Waals surface area contributed by atoms with Gasteiger partial charge in [-0.05, 0) is 62.0 Å². The number of piperidine rings is 1. The Hall–Kier alpha value is -1.62. The molecule has 0 aliphatic carbocycles. The van der Waals surface area contributed by atoms with Crippen molar-refractivity contribution < 1.29 is 0 Å². The summed E-state index contributed by atoms with van der Waals surface area (Å²) in [5.74, 6) is 0.711. The van der Waals surface area contributed by atoms with E-state index < -0.39 is 0 Å². The molecule has 1 saturated heterocycles. The number of nitrogens with zero attached hydrogens (tertiary/aromatic N) is 2. The summed E-state index contributed by atoms with van der Waals surface area (Å²) >= 11 is 7.58. The van der Waals surface area contributed by atoms with Gasteiger partial charge in [-0.25, -0.2) is 0 Å². The molecule has 4 rings (SSSR count). The minimum Gasteiger partial charge on any atom is -0.299 e. The van der Waals surface area contributed by atoms with Crippen LogP contribution in [0.2, 0.25) is 5.02 Å². The highest BCUT2D eigenvalue weighted by molar-refractivity contribution is 7.13. The zero-order chi connectivity index (χ0) is 17.9. The van der Waals surface area contributed by atoms with Gasteiger partial charge in [-0.1, -0.05) is 53.5 Å². The number of halogens is 1. The summed E-state index contributed by atoms with van der Waals surface area (Å²) in [6.07, 6.45) is 3.52. The lowest BCUT2D eigenvalue weighted by molar-refractivity contribution is 0.170. The van der Waals surface area contributed by atoms with Crippen LogP contribution in [0.25, 0.3) is 10.1 Å². The highest BCUT2D eigenvalue weighted by atomic mass is 35.5. The van der Waals surface area contributed by atoms with Gasteiger partial charge in [-0.3, -0.25) is 13.7 Å². The molecule has 1 fully saturated rings. The third kappa shape index (κ3) is 4.03. The van der Waals surface area contributed by atoms with Crippen LogP contribution in [-0.2, 0) is 13.1 Å². The minimum absolute atomic E-state index is 0.128. The van der Waals surface area contributed by atoms with E-state index in [0.29, 0.717) is 10.9 Å². The van der Waals surface area contributed by atoms with Crippen LogP contribution in [0.4, 0.5) is 0 Å². The molecular weight excluding hydrogens is 364 g/mol. The first kappa shape index (κ1) is 17.8. The minimum atomic E-state index is 0.128. The highest BCUT2D eigenvalue weighted by Crippen LogP contribution is 2.25. The number of hydrogen-bond acceptors (Lipinski definition) is 3. The third-order valence-corrected chi connectivity index (χ3v) is 6.64. The monoisotopic (exact) mass is 386 g/mol. The second-order valence-electron chi connectivity index (χ2n) is 7.13. The van der Waals surface area contributed by atoms with Gasteiger partial charge in [-0.15, -0.1) is 0 Å². The van der Waals surface area contributed by atoms with E-state index in [4.69, 9.17) is 11.6 Å². The third-order valence-electron chi connectivity index (χ3n) is 5.31.